The molecular weight excluding hydrogens is 438 g/mol. The van der Waals surface area contributed by atoms with Crippen LogP contribution in [0.3, 0.4) is 0 Å². The summed E-state index contributed by atoms with van der Waals surface area (Å²) in [5, 5.41) is 18.2. The van der Waals surface area contributed by atoms with Crippen molar-refractivity contribution in [3.05, 3.63) is 82.2 Å². The highest BCUT2D eigenvalue weighted by molar-refractivity contribution is 5.85. The average molecular weight is 452 g/mol. The minimum atomic E-state index is -1.05. The average Bonchev–Trinajstić information content (AvgIpc) is 3.25. The Labute approximate surface area is 184 Å². The van der Waals surface area contributed by atoms with E-state index in [1.54, 1.807) is 0 Å². The molecule has 0 saturated heterocycles. The van der Waals surface area contributed by atoms with E-state index < -0.39 is 22.2 Å². The first-order chi connectivity index (χ1) is 15.9. The van der Waals surface area contributed by atoms with Gasteiger partial charge in [0.15, 0.2) is 12.1 Å². The van der Waals surface area contributed by atoms with Crippen LogP contribution in [0.25, 0.3) is 17.1 Å². The number of nitro benzene ring substituents is 1. The number of methoxy groups -OCH3 is 1. The lowest BCUT2D eigenvalue weighted by Crippen LogP contribution is -2.05. The number of nitrogens with zero attached hydrogens (tertiary/aromatic N) is 5. The third-order valence-corrected chi connectivity index (χ3v) is 4.57. The van der Waals surface area contributed by atoms with Crippen molar-refractivity contribution in [1.29, 1.82) is 0 Å². The summed E-state index contributed by atoms with van der Waals surface area (Å²) in [4.78, 5) is 30.1. The Hall–Kier alpha value is -4.74. The highest BCUT2D eigenvalue weighted by Gasteiger charge is 2.20. The van der Waals surface area contributed by atoms with Gasteiger partial charge in [-0.05, 0) is 24.3 Å². The number of halogens is 2. The topological polar surface area (TPSA) is 125 Å². The highest BCUT2D eigenvalue weighted by atomic mass is 19.1. The molecule has 166 valence electrons. The highest BCUT2D eigenvalue weighted by Crippen LogP contribution is 2.33. The molecule has 4 rings (SSSR count). The van der Waals surface area contributed by atoms with Gasteiger partial charge in [0.25, 0.3) is 0 Å². The molecule has 0 atom stereocenters. The Balaban J connectivity index is 1.70. The van der Waals surface area contributed by atoms with E-state index in [4.69, 9.17) is 4.74 Å². The van der Waals surface area contributed by atoms with Gasteiger partial charge in [0.1, 0.15) is 17.3 Å². The van der Waals surface area contributed by atoms with Crippen LogP contribution >= 0.6 is 0 Å². The lowest BCUT2D eigenvalue weighted by molar-refractivity contribution is -0.387. The standard InChI is InChI=1S/C21H14F2N6O4/c1-33-18-8-15(23)17(29(31)32)9-16(18)25-21-24-7-6-19(26-21)28-10-13(11-30)20(27-28)12-2-4-14(22)5-3-12/h2-11H,1H3,(H,24,25,26). The molecule has 0 aliphatic carbocycles. The number of carbonyl (C=O) groups is 1. The molecule has 33 heavy (non-hydrogen) atoms. The van der Waals surface area contributed by atoms with E-state index in [2.05, 4.69) is 20.4 Å². The van der Waals surface area contributed by atoms with E-state index >= 15 is 0 Å². The van der Waals surface area contributed by atoms with Gasteiger partial charge in [-0.2, -0.15) is 14.5 Å². The van der Waals surface area contributed by atoms with Crippen LogP contribution in [0.4, 0.5) is 26.1 Å². The minimum absolute atomic E-state index is 0.00743. The van der Waals surface area contributed by atoms with Crippen molar-refractivity contribution in [2.24, 2.45) is 0 Å². The molecule has 0 saturated carbocycles. The molecule has 2 aromatic carbocycles. The third-order valence-electron chi connectivity index (χ3n) is 4.57. The first-order valence-electron chi connectivity index (χ1n) is 9.32. The van der Waals surface area contributed by atoms with E-state index in [0.717, 1.165) is 12.1 Å². The quantitative estimate of drug-likeness (QED) is 0.253. The molecule has 1 N–H and O–H groups in total. The number of benzene rings is 2. The number of carbonyl (C=O) groups excluding carboxylic acids is 1. The molecular formula is C21H14F2N6O4. The van der Waals surface area contributed by atoms with Crippen LogP contribution in [-0.4, -0.2) is 38.1 Å². The fourth-order valence-corrected chi connectivity index (χ4v) is 3.03. The molecule has 0 aliphatic heterocycles. The number of nitro groups is 1. The van der Waals surface area contributed by atoms with Crippen LogP contribution in [-0.2, 0) is 0 Å². The molecule has 10 nitrogen and oxygen atoms in total. The zero-order valence-corrected chi connectivity index (χ0v) is 16.9. The number of hydrogen-bond acceptors (Lipinski definition) is 8. The van der Waals surface area contributed by atoms with E-state index in [9.17, 15) is 23.7 Å². The van der Waals surface area contributed by atoms with Crippen LogP contribution in [0.5, 0.6) is 5.75 Å². The summed E-state index contributed by atoms with van der Waals surface area (Å²) in [6.07, 6.45) is 3.46. The summed E-state index contributed by atoms with van der Waals surface area (Å²) in [7, 11) is 1.28. The van der Waals surface area contributed by atoms with Crippen molar-refractivity contribution in [3.63, 3.8) is 0 Å². The van der Waals surface area contributed by atoms with Crippen LogP contribution < -0.4 is 10.1 Å². The first kappa shape index (κ1) is 21.5. The van der Waals surface area contributed by atoms with Crippen molar-refractivity contribution in [3.8, 4) is 22.8 Å². The zero-order valence-electron chi connectivity index (χ0n) is 16.9. The van der Waals surface area contributed by atoms with Crippen LogP contribution in [0.1, 0.15) is 10.4 Å². The van der Waals surface area contributed by atoms with E-state index in [0.29, 0.717) is 17.5 Å². The summed E-state index contributed by atoms with van der Waals surface area (Å²) in [6.45, 7) is 0. The molecule has 0 aliphatic rings. The van der Waals surface area contributed by atoms with Gasteiger partial charge in [-0.1, -0.05) is 0 Å². The summed E-state index contributed by atoms with van der Waals surface area (Å²) in [6, 6.07) is 8.87. The Morgan fingerprint density at radius 3 is 2.61 bits per heavy atom. The second-order valence-electron chi connectivity index (χ2n) is 6.63. The van der Waals surface area contributed by atoms with Gasteiger partial charge >= 0.3 is 5.69 Å². The molecule has 0 radical (unpaired) electrons. The number of rotatable bonds is 7. The van der Waals surface area contributed by atoms with Crippen molar-refractivity contribution >= 4 is 23.6 Å². The van der Waals surface area contributed by atoms with Crippen LogP contribution in [0.15, 0.2) is 54.9 Å². The summed E-state index contributed by atoms with van der Waals surface area (Å²) in [5.74, 6) is -1.19. The molecule has 4 aromatic rings. The number of anilines is 2. The molecule has 0 spiro atoms. The predicted octanol–water partition coefficient (Wildman–Crippen LogP) is 4.08. The van der Waals surface area contributed by atoms with E-state index in [-0.39, 0.29) is 28.8 Å². The largest absolute Gasteiger partial charge is 0.494 e. The van der Waals surface area contributed by atoms with Gasteiger partial charge in [0.05, 0.1) is 23.3 Å². The number of aromatic nitrogens is 4. The maximum atomic E-state index is 13.9. The molecule has 0 bridgehead atoms. The lowest BCUT2D eigenvalue weighted by Gasteiger charge is -2.11. The normalized spacial score (nSPS) is 10.6. The fourth-order valence-electron chi connectivity index (χ4n) is 3.03. The SMILES string of the molecule is COc1cc(F)c([N+](=O)[O-])cc1Nc1nccc(-n2cc(C=O)c(-c3ccc(F)cc3)n2)n1. The predicted molar refractivity (Wildman–Crippen MR) is 113 cm³/mol. The van der Waals surface area contributed by atoms with Crippen molar-refractivity contribution in [1.82, 2.24) is 19.7 Å². The minimum Gasteiger partial charge on any atom is -0.494 e. The zero-order chi connectivity index (χ0) is 23.5. The smallest absolute Gasteiger partial charge is 0.307 e. The van der Waals surface area contributed by atoms with E-state index in [1.807, 2.05) is 0 Å². The summed E-state index contributed by atoms with van der Waals surface area (Å²) < 4.78 is 33.5. The van der Waals surface area contributed by atoms with Crippen molar-refractivity contribution in [2.75, 3.05) is 12.4 Å². The summed E-state index contributed by atoms with van der Waals surface area (Å²) in [5.41, 5.74) is 0.442. The molecule has 2 aromatic heterocycles. The molecule has 0 unspecified atom stereocenters. The Morgan fingerprint density at radius 1 is 1.18 bits per heavy atom. The van der Waals surface area contributed by atoms with Gasteiger partial charge in [0, 0.05) is 36.2 Å². The Morgan fingerprint density at radius 2 is 1.94 bits per heavy atom. The second-order valence-corrected chi connectivity index (χ2v) is 6.63. The molecule has 12 heteroatoms. The summed E-state index contributed by atoms with van der Waals surface area (Å²) >= 11 is 0. The van der Waals surface area contributed by atoms with E-state index in [1.165, 1.54) is 54.5 Å². The van der Waals surface area contributed by atoms with Gasteiger partial charge in [-0.25, -0.2) is 14.1 Å². The van der Waals surface area contributed by atoms with Gasteiger partial charge < -0.3 is 10.1 Å². The lowest BCUT2D eigenvalue weighted by atomic mass is 10.1. The Kier molecular flexibility index (Phi) is 5.72. The van der Waals surface area contributed by atoms with Gasteiger partial charge in [0.2, 0.25) is 11.8 Å². The molecule has 0 fully saturated rings. The van der Waals surface area contributed by atoms with Gasteiger partial charge in [-0.15, -0.1) is 0 Å². The maximum Gasteiger partial charge on any atom is 0.307 e. The fraction of sp³-hybridized carbons (Fsp3) is 0.0476. The number of hydrogen-bond donors (Lipinski definition) is 1. The Bertz CT molecular complexity index is 1360. The third kappa shape index (κ3) is 4.35. The van der Waals surface area contributed by atoms with Crippen LogP contribution in [0, 0.1) is 21.7 Å². The first-order valence-corrected chi connectivity index (χ1v) is 9.32. The van der Waals surface area contributed by atoms with Crippen molar-refractivity contribution < 1.29 is 23.2 Å². The van der Waals surface area contributed by atoms with Crippen molar-refractivity contribution in [2.45, 2.75) is 0 Å². The monoisotopic (exact) mass is 452 g/mol. The second kappa shape index (κ2) is 8.78. The number of nitrogens with one attached hydrogen (secondary N) is 1. The van der Waals surface area contributed by atoms with Crippen LogP contribution in [0.2, 0.25) is 0 Å². The number of ether oxygens (including phenoxy) is 1. The van der Waals surface area contributed by atoms with Gasteiger partial charge in [-0.3, -0.25) is 14.9 Å². The molecule has 0 amide bonds. The molecule has 2 heterocycles. The number of aldehydes is 1. The maximum absolute atomic E-state index is 13.9.